The predicted molar refractivity (Wildman–Crippen MR) is 113 cm³/mol. The average molecular weight is 388 g/mol. The molecule has 1 aliphatic carbocycles. The summed E-state index contributed by atoms with van der Waals surface area (Å²) in [4.78, 5) is 9.52. The quantitative estimate of drug-likeness (QED) is 0.630. The van der Waals surface area contributed by atoms with Crippen LogP contribution >= 0.6 is 0 Å². The van der Waals surface area contributed by atoms with Crippen molar-refractivity contribution in [1.29, 1.82) is 0 Å². The summed E-state index contributed by atoms with van der Waals surface area (Å²) in [5.74, 6) is 3.99. The van der Waals surface area contributed by atoms with Gasteiger partial charge < -0.3 is 20.1 Å². The van der Waals surface area contributed by atoms with E-state index >= 15 is 0 Å². The predicted octanol–water partition coefficient (Wildman–Crippen LogP) is 4.84. The van der Waals surface area contributed by atoms with Gasteiger partial charge in [0.05, 0.1) is 0 Å². The van der Waals surface area contributed by atoms with Crippen LogP contribution in [0.15, 0.2) is 54.6 Å². The highest BCUT2D eigenvalue weighted by Gasteiger charge is 2.17. The molecule has 0 amide bonds. The molecule has 6 heteroatoms. The van der Waals surface area contributed by atoms with E-state index in [0.717, 1.165) is 40.1 Å². The van der Waals surface area contributed by atoms with Crippen LogP contribution in [0.1, 0.15) is 31.2 Å². The molecule has 2 N–H and O–H groups in total. The Morgan fingerprint density at radius 1 is 0.862 bits per heavy atom. The van der Waals surface area contributed by atoms with Crippen LogP contribution in [0.4, 0.5) is 11.6 Å². The fraction of sp³-hybridized carbons (Fsp3) is 0.304. The van der Waals surface area contributed by atoms with Gasteiger partial charge in [-0.3, -0.25) is 0 Å². The molecule has 1 aliphatic heterocycles. The van der Waals surface area contributed by atoms with Crippen molar-refractivity contribution in [2.24, 2.45) is 0 Å². The van der Waals surface area contributed by atoms with E-state index in [9.17, 15) is 0 Å². The Labute approximate surface area is 170 Å². The zero-order valence-corrected chi connectivity index (χ0v) is 16.2. The zero-order chi connectivity index (χ0) is 19.5. The van der Waals surface area contributed by atoms with Crippen molar-refractivity contribution >= 4 is 11.6 Å². The van der Waals surface area contributed by atoms with Gasteiger partial charge in [0, 0.05) is 24.2 Å². The standard InChI is InChI=1S/C23H24N4O2/c1-2-6-17(7-3-1)23-26-21(13-22(27-23)25-18-8-4-5-9-18)24-14-16-10-11-19-20(12-16)29-15-28-19/h1-3,6-7,10-13,18H,4-5,8-9,14-15H2,(H2,24,25,26,27). The van der Waals surface area contributed by atoms with E-state index in [-0.39, 0.29) is 6.79 Å². The molecule has 1 saturated carbocycles. The van der Waals surface area contributed by atoms with Crippen LogP contribution in [-0.2, 0) is 6.54 Å². The van der Waals surface area contributed by atoms with E-state index in [0.29, 0.717) is 12.6 Å². The van der Waals surface area contributed by atoms with Crippen LogP contribution in [-0.4, -0.2) is 22.8 Å². The fourth-order valence-corrected chi connectivity index (χ4v) is 3.85. The summed E-state index contributed by atoms with van der Waals surface area (Å²) >= 11 is 0. The first-order chi connectivity index (χ1) is 14.3. The Morgan fingerprint density at radius 3 is 2.52 bits per heavy atom. The van der Waals surface area contributed by atoms with Crippen molar-refractivity contribution in [3.8, 4) is 22.9 Å². The summed E-state index contributed by atoms with van der Waals surface area (Å²) in [7, 11) is 0. The number of hydrogen-bond acceptors (Lipinski definition) is 6. The summed E-state index contributed by atoms with van der Waals surface area (Å²) in [6.45, 7) is 0.930. The fourth-order valence-electron chi connectivity index (χ4n) is 3.85. The number of benzene rings is 2. The minimum absolute atomic E-state index is 0.286. The molecule has 1 aromatic heterocycles. The maximum Gasteiger partial charge on any atom is 0.231 e. The second kappa shape index (κ2) is 7.99. The molecule has 5 rings (SSSR count). The van der Waals surface area contributed by atoms with Gasteiger partial charge in [0.25, 0.3) is 0 Å². The number of hydrogen-bond donors (Lipinski definition) is 2. The van der Waals surface area contributed by atoms with Gasteiger partial charge >= 0.3 is 0 Å². The van der Waals surface area contributed by atoms with E-state index < -0.39 is 0 Å². The van der Waals surface area contributed by atoms with E-state index in [1.54, 1.807) is 0 Å². The van der Waals surface area contributed by atoms with Crippen molar-refractivity contribution in [3.63, 3.8) is 0 Å². The molecule has 3 aromatic rings. The van der Waals surface area contributed by atoms with Gasteiger partial charge in [-0.2, -0.15) is 0 Å². The van der Waals surface area contributed by atoms with Crippen LogP contribution in [0.3, 0.4) is 0 Å². The monoisotopic (exact) mass is 388 g/mol. The smallest absolute Gasteiger partial charge is 0.231 e. The third-order valence-corrected chi connectivity index (χ3v) is 5.38. The Balaban J connectivity index is 1.38. The lowest BCUT2D eigenvalue weighted by atomic mass is 10.2. The number of aromatic nitrogens is 2. The van der Waals surface area contributed by atoms with Gasteiger partial charge in [0.2, 0.25) is 6.79 Å². The van der Waals surface area contributed by atoms with Crippen molar-refractivity contribution < 1.29 is 9.47 Å². The van der Waals surface area contributed by atoms with Crippen molar-refractivity contribution in [2.75, 3.05) is 17.4 Å². The van der Waals surface area contributed by atoms with E-state index in [4.69, 9.17) is 19.4 Å². The first-order valence-corrected chi connectivity index (χ1v) is 10.2. The second-order valence-corrected chi connectivity index (χ2v) is 7.49. The molecule has 0 unspecified atom stereocenters. The van der Waals surface area contributed by atoms with Gasteiger partial charge in [-0.15, -0.1) is 0 Å². The van der Waals surface area contributed by atoms with Crippen molar-refractivity contribution in [2.45, 2.75) is 38.3 Å². The van der Waals surface area contributed by atoms with Crippen LogP contribution < -0.4 is 20.1 Å². The Bertz CT molecular complexity index is 987. The van der Waals surface area contributed by atoms with E-state index in [1.165, 1.54) is 25.7 Å². The molecular formula is C23H24N4O2. The van der Waals surface area contributed by atoms with Gasteiger partial charge in [-0.1, -0.05) is 49.2 Å². The second-order valence-electron chi connectivity index (χ2n) is 7.49. The molecule has 0 atom stereocenters. The summed E-state index contributed by atoms with van der Waals surface area (Å²) in [5, 5.41) is 7.04. The van der Waals surface area contributed by atoms with Crippen molar-refractivity contribution in [3.05, 3.63) is 60.2 Å². The number of nitrogens with zero attached hydrogens (tertiary/aromatic N) is 2. The summed E-state index contributed by atoms with van der Waals surface area (Å²) in [6, 6.07) is 18.6. The average Bonchev–Trinajstić information content (AvgIpc) is 3.44. The number of anilines is 2. The number of fused-ring (bicyclic) bond motifs is 1. The molecule has 0 spiro atoms. The highest BCUT2D eigenvalue weighted by molar-refractivity contribution is 5.61. The number of ether oxygens (including phenoxy) is 2. The molecule has 2 aromatic carbocycles. The minimum atomic E-state index is 0.286. The van der Waals surface area contributed by atoms with E-state index in [1.807, 2.05) is 54.6 Å². The first-order valence-electron chi connectivity index (χ1n) is 10.2. The largest absolute Gasteiger partial charge is 0.454 e. The molecule has 148 valence electrons. The minimum Gasteiger partial charge on any atom is -0.454 e. The molecule has 2 aliphatic rings. The maximum atomic E-state index is 5.48. The third kappa shape index (κ3) is 4.11. The van der Waals surface area contributed by atoms with Gasteiger partial charge in [0.15, 0.2) is 17.3 Å². The van der Waals surface area contributed by atoms with Crippen LogP contribution in [0, 0.1) is 0 Å². The SMILES string of the molecule is c1ccc(-c2nc(NCc3ccc4c(c3)OCO4)cc(NC3CCCC3)n2)cc1. The molecule has 29 heavy (non-hydrogen) atoms. The zero-order valence-electron chi connectivity index (χ0n) is 16.2. The molecule has 1 fully saturated rings. The molecular weight excluding hydrogens is 364 g/mol. The van der Waals surface area contributed by atoms with E-state index in [2.05, 4.69) is 10.6 Å². The number of nitrogens with one attached hydrogen (secondary N) is 2. The third-order valence-electron chi connectivity index (χ3n) is 5.38. The van der Waals surface area contributed by atoms with Crippen LogP contribution in [0.2, 0.25) is 0 Å². The highest BCUT2D eigenvalue weighted by atomic mass is 16.7. The molecule has 2 heterocycles. The lowest BCUT2D eigenvalue weighted by molar-refractivity contribution is 0.174. The topological polar surface area (TPSA) is 68.3 Å². The lowest BCUT2D eigenvalue weighted by Crippen LogP contribution is -2.16. The molecule has 0 saturated heterocycles. The molecule has 0 radical (unpaired) electrons. The molecule has 0 bridgehead atoms. The molecule has 6 nitrogen and oxygen atoms in total. The van der Waals surface area contributed by atoms with Gasteiger partial charge in [-0.05, 0) is 30.5 Å². The maximum absolute atomic E-state index is 5.48. The van der Waals surface area contributed by atoms with Crippen molar-refractivity contribution in [1.82, 2.24) is 9.97 Å². The van der Waals surface area contributed by atoms with Crippen LogP contribution in [0.5, 0.6) is 11.5 Å². The Hall–Kier alpha value is -3.28. The Morgan fingerprint density at radius 2 is 1.66 bits per heavy atom. The normalized spacial score (nSPS) is 15.4. The van der Waals surface area contributed by atoms with Gasteiger partial charge in [-0.25, -0.2) is 9.97 Å². The van der Waals surface area contributed by atoms with Crippen LogP contribution in [0.25, 0.3) is 11.4 Å². The first kappa shape index (κ1) is 17.8. The highest BCUT2D eigenvalue weighted by Crippen LogP contribution is 2.33. The summed E-state index contributed by atoms with van der Waals surface area (Å²) in [5.41, 5.74) is 2.12. The summed E-state index contributed by atoms with van der Waals surface area (Å²) in [6.07, 6.45) is 4.96. The Kier molecular flexibility index (Phi) is 4.90. The number of rotatable bonds is 6. The lowest BCUT2D eigenvalue weighted by Gasteiger charge is -2.15. The van der Waals surface area contributed by atoms with Gasteiger partial charge in [0.1, 0.15) is 11.6 Å². The summed E-state index contributed by atoms with van der Waals surface area (Å²) < 4.78 is 10.9.